The molecule has 4 heterocycles. The summed E-state index contributed by atoms with van der Waals surface area (Å²) < 4.78 is 35.4. The Balaban J connectivity index is 1.01. The molecule has 434 valence electrons. The van der Waals surface area contributed by atoms with Gasteiger partial charge < -0.3 is 24.5 Å². The van der Waals surface area contributed by atoms with Gasteiger partial charge in [-0.3, -0.25) is 0 Å². The van der Waals surface area contributed by atoms with Gasteiger partial charge in [0.15, 0.2) is 0 Å². The van der Waals surface area contributed by atoms with Crippen molar-refractivity contribution in [3.05, 3.63) is 293 Å². The Hall–Kier alpha value is -10.0. The summed E-state index contributed by atoms with van der Waals surface area (Å²) in [4.78, 5) is 13.5. The van der Waals surface area contributed by atoms with Gasteiger partial charge in [0, 0.05) is 83.7 Å². The number of aryl methyl sites for hydroxylation is 8. The van der Waals surface area contributed by atoms with Crippen LogP contribution in [-0.4, -0.2) is 13.4 Å². The average molecular weight is 1190 g/mol. The average Bonchev–Trinajstić information content (AvgIpc) is 0.692. The Morgan fingerprint density at radius 1 is 0.289 bits per heavy atom. The molecule has 0 N–H and O–H groups in total. The smallest absolute Gasteiger partial charge is 0.252 e. The summed E-state index contributed by atoms with van der Waals surface area (Å²) in [7, 11) is 0. The van der Waals surface area contributed by atoms with Crippen LogP contribution in [0.5, 0.6) is 0 Å². The third kappa shape index (κ3) is 9.05. The van der Waals surface area contributed by atoms with Crippen molar-refractivity contribution in [2.45, 2.75) is 65.2 Å². The van der Waals surface area contributed by atoms with E-state index in [0.717, 1.165) is 133 Å². The molecule has 0 amide bonds. The monoisotopic (exact) mass is 1190 g/mol. The van der Waals surface area contributed by atoms with E-state index in [2.05, 4.69) is 293 Å². The molecule has 0 bridgehead atoms. The first-order valence-electron chi connectivity index (χ1n) is 31.0. The highest BCUT2D eigenvalue weighted by Crippen LogP contribution is 2.52. The number of para-hydroxylation sites is 1. The summed E-state index contributed by atoms with van der Waals surface area (Å²) in [6.45, 7) is 16.5. The number of nitrogens with zero attached hydrogens (tertiary/aromatic N) is 5. The molecule has 16 rings (SSSR count). The van der Waals surface area contributed by atoms with Crippen molar-refractivity contribution in [1.29, 1.82) is 0 Å². The second-order valence-electron chi connectivity index (χ2n) is 25.1. The first-order valence-corrected chi connectivity index (χ1v) is 31.8. The fourth-order valence-corrected chi connectivity index (χ4v) is 15.5. The highest BCUT2D eigenvalue weighted by molar-refractivity contribution is 8.00. The quantitative estimate of drug-likeness (QED) is 0.133. The Kier molecular flexibility index (Phi) is 13.1. The molecule has 12 aromatic rings. The zero-order chi connectivity index (χ0) is 61.4. The molecule has 0 aromatic heterocycles. The fraction of sp³-hybridized carbons (Fsp3) is 0.100. The van der Waals surface area contributed by atoms with Crippen LogP contribution < -0.4 is 57.3 Å². The van der Waals surface area contributed by atoms with Gasteiger partial charge in [-0.25, -0.2) is 8.78 Å². The molecule has 0 radical (unpaired) electrons. The molecule has 0 saturated heterocycles. The Morgan fingerprint density at radius 3 is 1.08 bits per heavy atom. The van der Waals surface area contributed by atoms with Crippen LogP contribution in [0.1, 0.15) is 44.5 Å². The van der Waals surface area contributed by atoms with E-state index in [1.165, 1.54) is 45.8 Å². The lowest BCUT2D eigenvalue weighted by atomic mass is 9.31. The van der Waals surface area contributed by atoms with Gasteiger partial charge in [-0.1, -0.05) is 171 Å². The van der Waals surface area contributed by atoms with Crippen molar-refractivity contribution in [2.24, 2.45) is 0 Å². The van der Waals surface area contributed by atoms with Gasteiger partial charge in [0.05, 0.1) is 5.69 Å². The maximum atomic E-state index is 17.7. The van der Waals surface area contributed by atoms with Gasteiger partial charge in [0.25, 0.3) is 6.71 Å². The minimum absolute atomic E-state index is 0.129. The molecule has 4 aliphatic rings. The third-order valence-electron chi connectivity index (χ3n) is 18.7. The maximum absolute atomic E-state index is 17.7. The Bertz CT molecular complexity index is 4770. The van der Waals surface area contributed by atoms with E-state index < -0.39 is 11.6 Å². The van der Waals surface area contributed by atoms with Crippen LogP contribution >= 0.6 is 11.8 Å². The lowest BCUT2D eigenvalue weighted by Crippen LogP contribution is -2.64. The zero-order valence-corrected chi connectivity index (χ0v) is 52.4. The van der Waals surface area contributed by atoms with Gasteiger partial charge >= 0.3 is 0 Å². The largest absolute Gasteiger partial charge is 0.311 e. The van der Waals surface area contributed by atoms with Crippen LogP contribution in [0.2, 0.25) is 0 Å². The molecular weight excluding hydrogens is 1120 g/mol. The van der Waals surface area contributed by atoms with Gasteiger partial charge in [-0.15, -0.1) is 0 Å². The van der Waals surface area contributed by atoms with Crippen molar-refractivity contribution in [3.8, 4) is 0 Å². The van der Waals surface area contributed by atoms with Crippen LogP contribution in [0.15, 0.2) is 246 Å². The molecule has 0 unspecified atom stereocenters. The lowest BCUT2D eigenvalue weighted by Gasteiger charge is -2.46. The first-order chi connectivity index (χ1) is 43.7. The highest BCUT2D eigenvalue weighted by Gasteiger charge is 2.48. The first kappa shape index (κ1) is 55.3. The lowest BCUT2D eigenvalue weighted by molar-refractivity contribution is 0.586. The molecule has 90 heavy (non-hydrogen) atoms. The normalized spacial score (nSPS) is 13.1. The molecule has 0 saturated carbocycles. The molecule has 4 aliphatic heterocycles. The van der Waals surface area contributed by atoms with Crippen LogP contribution in [0.25, 0.3) is 0 Å². The molecule has 0 fully saturated rings. The fourth-order valence-electron chi connectivity index (χ4n) is 14.3. The standard InChI is InChI=1S/C80H63B2F2N5S/c1-48-12-26-56(27-13-48)85(57-28-14-49(2)15-29-57)62-42-73-78-74(43-62)89(80-68(83)10-9-11-69(80)84)72-47-76-67(46-66(72)81(78)64-40-54(7)24-38-70(64)87(73)60-34-20-52(5)21-35-60)82-65-41-55(8)25-39-71(65)88(61-36-22-53(6)23-37-61)75-44-63(45-77(90-76)79(75)82)86(58-30-16-50(3)17-31-58)59-32-18-51(4)19-33-59/h9-47H,1-8H3. The van der Waals surface area contributed by atoms with E-state index in [9.17, 15) is 0 Å². The van der Waals surface area contributed by atoms with Crippen molar-refractivity contribution in [2.75, 3.05) is 24.5 Å². The minimum Gasteiger partial charge on any atom is -0.311 e. The molecule has 5 nitrogen and oxygen atoms in total. The summed E-state index contributed by atoms with van der Waals surface area (Å²) in [5.74, 6) is -1.31. The van der Waals surface area contributed by atoms with Gasteiger partial charge in [0.2, 0.25) is 6.71 Å². The summed E-state index contributed by atoms with van der Waals surface area (Å²) in [6.07, 6.45) is 0. The maximum Gasteiger partial charge on any atom is 0.252 e. The van der Waals surface area contributed by atoms with Crippen LogP contribution in [0.4, 0.5) is 94.1 Å². The number of benzene rings is 12. The van der Waals surface area contributed by atoms with Crippen molar-refractivity contribution < 1.29 is 8.78 Å². The van der Waals surface area contributed by atoms with E-state index in [1.807, 2.05) is 4.90 Å². The van der Waals surface area contributed by atoms with Gasteiger partial charge in [0.1, 0.15) is 17.3 Å². The summed E-state index contributed by atoms with van der Waals surface area (Å²) in [5.41, 5.74) is 29.3. The highest BCUT2D eigenvalue weighted by atomic mass is 32.2. The number of fused-ring (bicyclic) bond motifs is 8. The van der Waals surface area contributed by atoms with E-state index >= 15 is 8.78 Å². The van der Waals surface area contributed by atoms with Crippen molar-refractivity contribution >= 4 is 143 Å². The second-order valence-corrected chi connectivity index (χ2v) is 26.2. The van der Waals surface area contributed by atoms with Crippen LogP contribution in [-0.2, 0) is 0 Å². The number of anilines is 15. The van der Waals surface area contributed by atoms with Gasteiger partial charge in [-0.2, -0.15) is 0 Å². The van der Waals surface area contributed by atoms with E-state index in [-0.39, 0.29) is 19.1 Å². The zero-order valence-electron chi connectivity index (χ0n) is 51.6. The Labute approximate surface area is 531 Å². The summed E-state index contributed by atoms with van der Waals surface area (Å²) in [5, 5.41) is 0. The van der Waals surface area contributed by atoms with E-state index in [1.54, 1.807) is 11.8 Å². The van der Waals surface area contributed by atoms with E-state index in [4.69, 9.17) is 0 Å². The summed E-state index contributed by atoms with van der Waals surface area (Å²) in [6, 6.07) is 84.4. The molecule has 0 atom stereocenters. The number of hydrogen-bond acceptors (Lipinski definition) is 6. The third-order valence-corrected chi connectivity index (χ3v) is 19.8. The molecule has 0 aliphatic carbocycles. The molecular formula is C80H63B2F2N5S. The number of hydrogen-bond donors (Lipinski definition) is 0. The van der Waals surface area contributed by atoms with Crippen LogP contribution in [0.3, 0.4) is 0 Å². The molecule has 10 heteroatoms. The SMILES string of the molecule is Cc1ccc(N(c2ccc(C)cc2)c2cc3c4c(c2)N(c2ccc(C)cc2)c2ccc(C)cc2B4c2cc4c(cc2S3)N(c2c(F)cccc2F)c2cc(N(c3ccc(C)cc3)c3ccc(C)cc3)cc3c2B4c2cc(C)ccc2N3c2ccc(C)cc2)cc1. The van der Waals surface area contributed by atoms with Crippen molar-refractivity contribution in [3.63, 3.8) is 0 Å². The minimum atomic E-state index is -0.653. The predicted octanol–water partition coefficient (Wildman–Crippen LogP) is 18.2. The number of rotatable bonds is 9. The molecule has 0 spiro atoms. The summed E-state index contributed by atoms with van der Waals surface area (Å²) >= 11 is 1.75. The van der Waals surface area contributed by atoms with Crippen molar-refractivity contribution in [1.82, 2.24) is 0 Å². The number of halogens is 2. The Morgan fingerprint density at radius 2 is 0.644 bits per heavy atom. The molecule has 12 aromatic carbocycles. The topological polar surface area (TPSA) is 16.2 Å². The second kappa shape index (κ2) is 21.4. The predicted molar refractivity (Wildman–Crippen MR) is 378 cm³/mol. The van der Waals surface area contributed by atoms with Gasteiger partial charge in [-0.05, 0) is 210 Å². The van der Waals surface area contributed by atoms with Crippen LogP contribution in [0, 0.1) is 67.0 Å². The van der Waals surface area contributed by atoms with E-state index in [0.29, 0.717) is 5.69 Å².